The van der Waals surface area contributed by atoms with E-state index in [2.05, 4.69) is 32.0 Å². The summed E-state index contributed by atoms with van der Waals surface area (Å²) in [6.45, 7) is 4.10. The van der Waals surface area contributed by atoms with Crippen molar-refractivity contribution < 1.29 is 9.53 Å². The molecule has 0 aliphatic heterocycles. The van der Waals surface area contributed by atoms with E-state index in [4.69, 9.17) is 10.5 Å². The minimum absolute atomic E-state index is 0.395. The van der Waals surface area contributed by atoms with Gasteiger partial charge in [0.25, 0.3) is 0 Å². The molecule has 2 N–H and O–H groups in total. The second-order valence-electron chi connectivity index (χ2n) is 5.17. The highest BCUT2D eigenvalue weighted by molar-refractivity contribution is 5.97. The van der Waals surface area contributed by atoms with Gasteiger partial charge in [0.15, 0.2) is 0 Å². The van der Waals surface area contributed by atoms with Crippen LogP contribution in [-0.2, 0) is 4.74 Å². The minimum Gasteiger partial charge on any atom is -0.465 e. The van der Waals surface area contributed by atoms with Gasteiger partial charge in [-0.2, -0.15) is 0 Å². The summed E-state index contributed by atoms with van der Waals surface area (Å²) in [7, 11) is 3.29. The summed E-state index contributed by atoms with van der Waals surface area (Å²) in [6, 6.07) is 11.5. The quantitative estimate of drug-likeness (QED) is 0.693. The van der Waals surface area contributed by atoms with Crippen LogP contribution < -0.4 is 10.6 Å². The fraction of sp³-hybridized carbons (Fsp3) is 0.235. The molecule has 0 bridgehead atoms. The highest BCUT2D eigenvalue weighted by Gasteiger charge is 2.16. The van der Waals surface area contributed by atoms with Gasteiger partial charge in [-0.3, -0.25) is 0 Å². The third-order valence-electron chi connectivity index (χ3n) is 3.38. The summed E-state index contributed by atoms with van der Waals surface area (Å²) in [5.41, 5.74) is 10.9. The number of nitrogen functional groups attached to an aromatic ring is 1. The predicted octanol–water partition coefficient (Wildman–Crippen LogP) is 3.44. The Labute approximate surface area is 125 Å². The minimum atomic E-state index is -0.395. The molecule has 0 fully saturated rings. The average molecular weight is 284 g/mol. The molecule has 4 heteroatoms. The molecule has 0 heterocycles. The van der Waals surface area contributed by atoms with Crippen molar-refractivity contribution in [1.29, 1.82) is 0 Å². The van der Waals surface area contributed by atoms with Gasteiger partial charge >= 0.3 is 5.97 Å². The fourth-order valence-electron chi connectivity index (χ4n) is 2.40. The molecular formula is C17H20N2O2. The molecule has 0 saturated carbocycles. The zero-order valence-electron chi connectivity index (χ0n) is 12.8. The molecule has 0 atom stereocenters. The van der Waals surface area contributed by atoms with Crippen LogP contribution in [0.15, 0.2) is 36.4 Å². The van der Waals surface area contributed by atoms with Gasteiger partial charge in [-0.05, 0) is 55.3 Å². The van der Waals surface area contributed by atoms with Crippen LogP contribution >= 0.6 is 0 Å². The zero-order valence-corrected chi connectivity index (χ0v) is 12.8. The molecule has 110 valence electrons. The molecule has 0 spiro atoms. The molecular weight excluding hydrogens is 264 g/mol. The number of methoxy groups -OCH3 is 1. The van der Waals surface area contributed by atoms with E-state index in [1.54, 1.807) is 12.1 Å². The number of esters is 1. The Morgan fingerprint density at radius 3 is 2.29 bits per heavy atom. The third kappa shape index (κ3) is 3.16. The maximum atomic E-state index is 12.0. The highest BCUT2D eigenvalue weighted by atomic mass is 16.5. The van der Waals surface area contributed by atoms with Crippen molar-refractivity contribution in [3.05, 3.63) is 53.1 Å². The molecule has 2 rings (SSSR count). The van der Waals surface area contributed by atoms with Crippen molar-refractivity contribution in [1.82, 2.24) is 0 Å². The van der Waals surface area contributed by atoms with Crippen molar-refractivity contribution in [3.8, 4) is 0 Å². The van der Waals surface area contributed by atoms with Crippen LogP contribution in [0.2, 0.25) is 0 Å². The maximum absolute atomic E-state index is 12.0. The SMILES string of the molecule is COC(=O)c1cc(N)ccc1N(C)c1cc(C)cc(C)c1. The van der Waals surface area contributed by atoms with E-state index in [1.165, 1.54) is 18.2 Å². The molecule has 0 amide bonds. The molecule has 0 radical (unpaired) electrons. The number of rotatable bonds is 3. The lowest BCUT2D eigenvalue weighted by Gasteiger charge is -2.23. The fourth-order valence-corrected chi connectivity index (χ4v) is 2.40. The number of aryl methyl sites for hydroxylation is 2. The van der Waals surface area contributed by atoms with E-state index in [0.717, 1.165) is 11.4 Å². The van der Waals surface area contributed by atoms with Gasteiger partial charge in [-0.1, -0.05) is 6.07 Å². The largest absolute Gasteiger partial charge is 0.465 e. The number of carbonyl (C=O) groups is 1. The van der Waals surface area contributed by atoms with Crippen LogP contribution in [-0.4, -0.2) is 20.1 Å². The van der Waals surface area contributed by atoms with Crippen LogP contribution in [0, 0.1) is 13.8 Å². The number of carbonyl (C=O) groups excluding carboxylic acids is 1. The number of hydrogen-bond acceptors (Lipinski definition) is 4. The lowest BCUT2D eigenvalue weighted by atomic mass is 10.1. The van der Waals surface area contributed by atoms with Gasteiger partial charge in [0.2, 0.25) is 0 Å². The Hall–Kier alpha value is -2.49. The second kappa shape index (κ2) is 5.87. The van der Waals surface area contributed by atoms with Crippen molar-refractivity contribution in [2.75, 3.05) is 24.8 Å². The number of nitrogens with two attached hydrogens (primary N) is 1. The first-order valence-corrected chi connectivity index (χ1v) is 6.72. The van der Waals surface area contributed by atoms with E-state index < -0.39 is 5.97 Å². The van der Waals surface area contributed by atoms with E-state index in [9.17, 15) is 4.79 Å². The van der Waals surface area contributed by atoms with E-state index in [-0.39, 0.29) is 0 Å². The van der Waals surface area contributed by atoms with Gasteiger partial charge in [-0.15, -0.1) is 0 Å². The van der Waals surface area contributed by atoms with Gasteiger partial charge in [-0.25, -0.2) is 4.79 Å². The monoisotopic (exact) mass is 284 g/mol. The molecule has 4 nitrogen and oxygen atoms in total. The van der Waals surface area contributed by atoms with Gasteiger partial charge in [0, 0.05) is 18.4 Å². The zero-order chi connectivity index (χ0) is 15.6. The topological polar surface area (TPSA) is 55.6 Å². The van der Waals surface area contributed by atoms with Crippen LogP contribution in [0.3, 0.4) is 0 Å². The highest BCUT2D eigenvalue weighted by Crippen LogP contribution is 2.30. The Balaban J connectivity index is 2.52. The van der Waals surface area contributed by atoms with E-state index in [1.807, 2.05) is 18.0 Å². The first-order chi connectivity index (χ1) is 9.92. The summed E-state index contributed by atoms with van der Waals surface area (Å²) >= 11 is 0. The summed E-state index contributed by atoms with van der Waals surface area (Å²) < 4.78 is 4.84. The van der Waals surface area contributed by atoms with Gasteiger partial charge in [0.1, 0.15) is 0 Å². The van der Waals surface area contributed by atoms with Crippen LogP contribution in [0.5, 0.6) is 0 Å². The van der Waals surface area contributed by atoms with Gasteiger partial charge in [0.05, 0.1) is 18.4 Å². The third-order valence-corrected chi connectivity index (χ3v) is 3.38. The lowest BCUT2D eigenvalue weighted by Crippen LogP contribution is -2.15. The molecule has 2 aromatic carbocycles. The maximum Gasteiger partial charge on any atom is 0.340 e. The molecule has 0 saturated heterocycles. The smallest absolute Gasteiger partial charge is 0.340 e. The molecule has 2 aromatic rings. The number of nitrogens with zero attached hydrogens (tertiary/aromatic N) is 1. The van der Waals surface area contributed by atoms with E-state index >= 15 is 0 Å². The summed E-state index contributed by atoms with van der Waals surface area (Å²) in [5, 5.41) is 0. The Morgan fingerprint density at radius 2 is 1.71 bits per heavy atom. The summed E-state index contributed by atoms with van der Waals surface area (Å²) in [5.74, 6) is -0.395. The van der Waals surface area contributed by atoms with Crippen molar-refractivity contribution >= 4 is 23.0 Å². The van der Waals surface area contributed by atoms with Crippen LogP contribution in [0.25, 0.3) is 0 Å². The Bertz CT molecular complexity index is 660. The van der Waals surface area contributed by atoms with Crippen molar-refractivity contribution in [3.63, 3.8) is 0 Å². The first kappa shape index (κ1) is 14.9. The number of ether oxygens (including phenoxy) is 1. The van der Waals surface area contributed by atoms with Gasteiger partial charge < -0.3 is 15.4 Å². The number of anilines is 3. The second-order valence-corrected chi connectivity index (χ2v) is 5.17. The number of benzene rings is 2. The lowest BCUT2D eigenvalue weighted by molar-refractivity contribution is 0.0601. The van der Waals surface area contributed by atoms with Crippen LogP contribution in [0.1, 0.15) is 21.5 Å². The molecule has 0 aliphatic carbocycles. The predicted molar refractivity (Wildman–Crippen MR) is 86.2 cm³/mol. The van der Waals surface area contributed by atoms with Crippen molar-refractivity contribution in [2.24, 2.45) is 0 Å². The Kier molecular flexibility index (Phi) is 4.17. The number of hydrogen-bond donors (Lipinski definition) is 1. The van der Waals surface area contributed by atoms with E-state index in [0.29, 0.717) is 11.3 Å². The first-order valence-electron chi connectivity index (χ1n) is 6.72. The van der Waals surface area contributed by atoms with Crippen LogP contribution in [0.4, 0.5) is 17.1 Å². The summed E-state index contributed by atoms with van der Waals surface area (Å²) in [6.07, 6.45) is 0. The standard InChI is InChI=1S/C17H20N2O2/c1-11-7-12(2)9-14(8-11)19(3)16-6-5-13(18)10-15(16)17(20)21-4/h5-10H,18H2,1-4H3. The molecule has 0 aromatic heterocycles. The molecule has 0 unspecified atom stereocenters. The molecule has 0 aliphatic rings. The summed E-state index contributed by atoms with van der Waals surface area (Å²) in [4.78, 5) is 13.9. The molecule has 21 heavy (non-hydrogen) atoms. The van der Waals surface area contributed by atoms with Crippen molar-refractivity contribution in [2.45, 2.75) is 13.8 Å². The normalized spacial score (nSPS) is 10.3. The Morgan fingerprint density at radius 1 is 1.10 bits per heavy atom. The average Bonchev–Trinajstić information content (AvgIpc) is 2.44.